The second kappa shape index (κ2) is 8.42. The Hall–Kier alpha value is -3.59. The standard InChI is InChI=1S/C21H18FN5O2S/c1-27-18(25-26-21(27)30)10-11-23-19(28)13-6-2-3-7-14(13)20-24-12-17(29-20)15-8-4-5-9-16(15)22/h2-9,12H,10-11H2,1H3,(H,23,28)(H,26,30). The maximum absolute atomic E-state index is 14.0. The smallest absolute Gasteiger partial charge is 0.252 e. The molecule has 0 radical (unpaired) electrons. The number of rotatable bonds is 6. The van der Waals surface area contributed by atoms with E-state index >= 15 is 0 Å². The zero-order valence-corrected chi connectivity index (χ0v) is 16.9. The summed E-state index contributed by atoms with van der Waals surface area (Å²) in [5, 5.41) is 9.71. The van der Waals surface area contributed by atoms with Gasteiger partial charge in [0.15, 0.2) is 10.5 Å². The van der Waals surface area contributed by atoms with Gasteiger partial charge in [-0.3, -0.25) is 9.89 Å². The van der Waals surface area contributed by atoms with Gasteiger partial charge in [0.25, 0.3) is 5.91 Å². The van der Waals surface area contributed by atoms with Crippen molar-refractivity contribution in [1.82, 2.24) is 25.1 Å². The fourth-order valence-corrected chi connectivity index (χ4v) is 3.19. The summed E-state index contributed by atoms with van der Waals surface area (Å²) in [7, 11) is 1.81. The summed E-state index contributed by atoms with van der Waals surface area (Å²) in [4.78, 5) is 17.0. The lowest BCUT2D eigenvalue weighted by molar-refractivity contribution is 0.0954. The number of hydrogen-bond acceptors (Lipinski definition) is 5. The second-order valence-corrected chi connectivity index (χ2v) is 6.95. The molecular weight excluding hydrogens is 405 g/mol. The third-order valence-corrected chi connectivity index (χ3v) is 5.02. The molecule has 4 rings (SSSR count). The van der Waals surface area contributed by atoms with E-state index in [-0.39, 0.29) is 11.8 Å². The number of carbonyl (C=O) groups is 1. The maximum atomic E-state index is 14.0. The van der Waals surface area contributed by atoms with Crippen LogP contribution in [0.25, 0.3) is 22.8 Å². The highest BCUT2D eigenvalue weighted by molar-refractivity contribution is 7.71. The number of carbonyl (C=O) groups excluding carboxylic acids is 1. The summed E-state index contributed by atoms with van der Waals surface area (Å²) < 4.78 is 22.1. The highest BCUT2D eigenvalue weighted by Crippen LogP contribution is 2.29. The van der Waals surface area contributed by atoms with Crippen LogP contribution >= 0.6 is 12.2 Å². The van der Waals surface area contributed by atoms with Crippen molar-refractivity contribution < 1.29 is 13.6 Å². The molecule has 0 fully saturated rings. The van der Waals surface area contributed by atoms with Crippen molar-refractivity contribution in [3.05, 3.63) is 76.7 Å². The van der Waals surface area contributed by atoms with Crippen LogP contribution in [0.4, 0.5) is 4.39 Å². The van der Waals surface area contributed by atoms with Crippen LogP contribution in [0.3, 0.4) is 0 Å². The fourth-order valence-electron chi connectivity index (χ4n) is 3.04. The molecule has 0 aliphatic rings. The molecule has 2 aromatic carbocycles. The number of aromatic nitrogens is 4. The number of H-pyrrole nitrogens is 1. The van der Waals surface area contributed by atoms with E-state index in [2.05, 4.69) is 20.5 Å². The van der Waals surface area contributed by atoms with Crippen molar-refractivity contribution in [1.29, 1.82) is 0 Å². The Balaban J connectivity index is 1.53. The monoisotopic (exact) mass is 423 g/mol. The molecule has 2 aromatic heterocycles. The van der Waals surface area contributed by atoms with E-state index in [1.54, 1.807) is 47.0 Å². The van der Waals surface area contributed by atoms with Crippen LogP contribution in [-0.4, -0.2) is 32.2 Å². The lowest BCUT2D eigenvalue weighted by Gasteiger charge is -2.08. The van der Waals surface area contributed by atoms with Crippen molar-refractivity contribution in [2.75, 3.05) is 6.54 Å². The van der Waals surface area contributed by atoms with Gasteiger partial charge in [-0.15, -0.1) is 0 Å². The average Bonchev–Trinajstić information content (AvgIpc) is 3.36. The zero-order valence-electron chi connectivity index (χ0n) is 16.1. The van der Waals surface area contributed by atoms with Crippen molar-refractivity contribution in [2.24, 2.45) is 7.05 Å². The predicted octanol–water partition coefficient (Wildman–Crippen LogP) is 3.91. The molecule has 30 heavy (non-hydrogen) atoms. The number of nitrogens with zero attached hydrogens (tertiary/aromatic N) is 3. The number of amides is 1. The van der Waals surface area contributed by atoms with Gasteiger partial charge in [0, 0.05) is 25.6 Å². The molecule has 0 aliphatic heterocycles. The molecule has 0 saturated heterocycles. The fraction of sp³-hybridized carbons (Fsp3) is 0.143. The van der Waals surface area contributed by atoms with Crippen LogP contribution in [0, 0.1) is 10.6 Å². The van der Waals surface area contributed by atoms with Gasteiger partial charge < -0.3 is 14.3 Å². The lowest BCUT2D eigenvalue weighted by Crippen LogP contribution is -2.26. The third-order valence-electron chi connectivity index (χ3n) is 4.65. The lowest BCUT2D eigenvalue weighted by atomic mass is 10.1. The van der Waals surface area contributed by atoms with Gasteiger partial charge in [-0.2, -0.15) is 5.10 Å². The summed E-state index contributed by atoms with van der Waals surface area (Å²) in [6.07, 6.45) is 1.97. The Morgan fingerprint density at radius 2 is 1.93 bits per heavy atom. The summed E-state index contributed by atoms with van der Waals surface area (Å²) in [6.45, 7) is 0.382. The van der Waals surface area contributed by atoms with Gasteiger partial charge in [0.05, 0.1) is 17.3 Å². The summed E-state index contributed by atoms with van der Waals surface area (Å²) >= 11 is 5.09. The van der Waals surface area contributed by atoms with Crippen LogP contribution in [0.5, 0.6) is 0 Å². The molecule has 0 unspecified atom stereocenters. The Morgan fingerprint density at radius 3 is 2.67 bits per heavy atom. The second-order valence-electron chi connectivity index (χ2n) is 6.56. The Labute approximate surface area is 176 Å². The summed E-state index contributed by atoms with van der Waals surface area (Å²) in [5.41, 5.74) is 1.25. The zero-order chi connectivity index (χ0) is 21.1. The van der Waals surface area contributed by atoms with Crippen LogP contribution in [0.1, 0.15) is 16.2 Å². The summed E-state index contributed by atoms with van der Waals surface area (Å²) in [5.74, 6) is 0.612. The quantitative estimate of drug-likeness (QED) is 0.459. The molecule has 0 saturated carbocycles. The van der Waals surface area contributed by atoms with Gasteiger partial charge in [-0.1, -0.05) is 24.3 Å². The first-order chi connectivity index (χ1) is 14.5. The minimum Gasteiger partial charge on any atom is -0.436 e. The van der Waals surface area contributed by atoms with Crippen molar-refractivity contribution >= 4 is 18.1 Å². The van der Waals surface area contributed by atoms with Crippen LogP contribution < -0.4 is 5.32 Å². The average molecular weight is 423 g/mol. The van der Waals surface area contributed by atoms with E-state index in [9.17, 15) is 9.18 Å². The molecule has 0 spiro atoms. The van der Waals surface area contributed by atoms with E-state index in [0.29, 0.717) is 40.2 Å². The third kappa shape index (κ3) is 3.92. The van der Waals surface area contributed by atoms with Crippen LogP contribution in [0.15, 0.2) is 59.1 Å². The Morgan fingerprint density at radius 1 is 1.20 bits per heavy atom. The van der Waals surface area contributed by atoms with Gasteiger partial charge in [0.2, 0.25) is 5.89 Å². The van der Waals surface area contributed by atoms with E-state index < -0.39 is 5.82 Å². The van der Waals surface area contributed by atoms with E-state index in [4.69, 9.17) is 16.6 Å². The van der Waals surface area contributed by atoms with Crippen molar-refractivity contribution in [3.63, 3.8) is 0 Å². The molecule has 0 atom stereocenters. The number of hydrogen-bond donors (Lipinski definition) is 2. The number of aromatic amines is 1. The van der Waals surface area contributed by atoms with E-state index in [0.717, 1.165) is 5.82 Å². The molecular formula is C21H18FN5O2S. The first kappa shape index (κ1) is 19.7. The van der Waals surface area contributed by atoms with Crippen LogP contribution in [-0.2, 0) is 13.5 Å². The highest BCUT2D eigenvalue weighted by atomic mass is 32.1. The van der Waals surface area contributed by atoms with Gasteiger partial charge in [-0.05, 0) is 36.5 Å². The van der Waals surface area contributed by atoms with Crippen LogP contribution in [0.2, 0.25) is 0 Å². The SMILES string of the molecule is Cn1c(CCNC(=O)c2ccccc2-c2ncc(-c3ccccc3F)o2)n[nH]c1=S. The van der Waals surface area contributed by atoms with Gasteiger partial charge in [-0.25, -0.2) is 9.37 Å². The predicted molar refractivity (Wildman–Crippen MR) is 112 cm³/mol. The van der Waals surface area contributed by atoms with Gasteiger partial charge >= 0.3 is 0 Å². The molecule has 2 N–H and O–H groups in total. The molecule has 152 valence electrons. The molecule has 1 amide bonds. The van der Waals surface area contributed by atoms with Crippen molar-refractivity contribution in [3.8, 4) is 22.8 Å². The Kier molecular flexibility index (Phi) is 5.53. The molecule has 2 heterocycles. The molecule has 7 nitrogen and oxygen atoms in total. The minimum absolute atomic E-state index is 0.244. The largest absolute Gasteiger partial charge is 0.436 e. The van der Waals surface area contributed by atoms with E-state index in [1.807, 2.05) is 7.05 Å². The normalized spacial score (nSPS) is 10.9. The minimum atomic E-state index is -0.403. The first-order valence-electron chi connectivity index (χ1n) is 9.23. The Bertz CT molecular complexity index is 1260. The van der Waals surface area contributed by atoms with Crippen molar-refractivity contribution in [2.45, 2.75) is 6.42 Å². The number of halogens is 1. The highest BCUT2D eigenvalue weighted by Gasteiger charge is 2.18. The van der Waals surface area contributed by atoms with E-state index in [1.165, 1.54) is 12.3 Å². The molecule has 4 aromatic rings. The number of benzene rings is 2. The molecule has 0 aliphatic carbocycles. The first-order valence-corrected chi connectivity index (χ1v) is 9.64. The maximum Gasteiger partial charge on any atom is 0.252 e. The number of oxazole rings is 1. The molecule has 9 heteroatoms. The number of nitrogens with one attached hydrogen (secondary N) is 2. The topological polar surface area (TPSA) is 88.7 Å². The summed E-state index contributed by atoms with van der Waals surface area (Å²) in [6, 6.07) is 13.3. The molecule has 0 bridgehead atoms. The van der Waals surface area contributed by atoms with Gasteiger partial charge in [0.1, 0.15) is 11.6 Å².